The van der Waals surface area contributed by atoms with Crippen molar-refractivity contribution in [2.45, 2.75) is 57.9 Å². The molecule has 206 valence electrons. The Morgan fingerprint density at radius 2 is 2.00 bits per heavy atom. The zero-order valence-electron chi connectivity index (χ0n) is 21.7. The van der Waals surface area contributed by atoms with Gasteiger partial charge >= 0.3 is 11.7 Å². The molecule has 0 unspecified atom stereocenters. The summed E-state index contributed by atoms with van der Waals surface area (Å²) < 4.78 is 19.7. The number of aromatic nitrogens is 3. The lowest BCUT2D eigenvalue weighted by molar-refractivity contribution is -0.146. The van der Waals surface area contributed by atoms with E-state index in [0.717, 1.165) is 4.57 Å². The van der Waals surface area contributed by atoms with Crippen LogP contribution in [0.5, 0.6) is 0 Å². The number of aliphatic carboxylic acids is 1. The number of thiophene rings is 1. The standard InChI is InChI=1S/C27H28ClN3O7S/c1-15-20-23(32)31(27(2,3)25(33)34)26(35)30(24(20)39-21(15)22-29-10-13-37-22)14-19(17-6-4-5-7-18(17)28)38-16-8-11-36-12-9-16/h4-7,10,13,16,19H,8-9,11-12,14H2,1-3H3,(H,33,34)/t19-/m1/s1. The number of carbonyl (C=O) groups is 1. The predicted molar refractivity (Wildman–Crippen MR) is 147 cm³/mol. The van der Waals surface area contributed by atoms with Gasteiger partial charge in [0, 0.05) is 23.8 Å². The van der Waals surface area contributed by atoms with E-state index in [2.05, 4.69) is 4.98 Å². The molecule has 5 rings (SSSR count). The zero-order chi connectivity index (χ0) is 27.9. The fraction of sp³-hybridized carbons (Fsp3) is 0.407. The van der Waals surface area contributed by atoms with Crippen LogP contribution in [-0.4, -0.2) is 44.5 Å². The summed E-state index contributed by atoms with van der Waals surface area (Å²) in [6.45, 7) is 5.51. The number of oxazole rings is 1. The SMILES string of the molecule is Cc1c(-c2ncco2)sc2c1c(=O)n(C(C)(C)C(=O)O)c(=O)n2C[C@@H](OC1CCOCC1)c1ccccc1Cl. The van der Waals surface area contributed by atoms with Crippen LogP contribution in [0.2, 0.25) is 5.02 Å². The highest BCUT2D eigenvalue weighted by molar-refractivity contribution is 7.22. The van der Waals surface area contributed by atoms with Crippen molar-refractivity contribution in [3.63, 3.8) is 0 Å². The van der Waals surface area contributed by atoms with Gasteiger partial charge in [-0.05, 0) is 45.2 Å². The van der Waals surface area contributed by atoms with Gasteiger partial charge in [0.15, 0.2) is 0 Å². The lowest BCUT2D eigenvalue weighted by atomic mass is 10.1. The maximum Gasteiger partial charge on any atom is 0.333 e. The normalized spacial score (nSPS) is 15.6. The van der Waals surface area contributed by atoms with Gasteiger partial charge < -0.3 is 19.0 Å². The van der Waals surface area contributed by atoms with Crippen LogP contribution in [0, 0.1) is 6.92 Å². The van der Waals surface area contributed by atoms with Gasteiger partial charge in [0.1, 0.15) is 22.7 Å². The van der Waals surface area contributed by atoms with Crippen LogP contribution in [0.4, 0.5) is 0 Å². The number of hydrogen-bond donors (Lipinski definition) is 1. The van der Waals surface area contributed by atoms with Crippen LogP contribution in [0.1, 0.15) is 43.9 Å². The molecule has 0 aliphatic carbocycles. The molecule has 0 amide bonds. The molecule has 4 aromatic rings. The molecule has 1 fully saturated rings. The first kappa shape index (κ1) is 27.3. The molecule has 1 aliphatic rings. The number of aryl methyl sites for hydroxylation is 1. The minimum Gasteiger partial charge on any atom is -0.480 e. The molecule has 1 atom stereocenters. The van der Waals surface area contributed by atoms with Crippen molar-refractivity contribution in [3.05, 3.63) is 73.7 Å². The van der Waals surface area contributed by atoms with Gasteiger partial charge in [0.25, 0.3) is 5.56 Å². The Bertz CT molecular complexity index is 1630. The molecule has 0 saturated carbocycles. The first-order valence-electron chi connectivity index (χ1n) is 12.5. The lowest BCUT2D eigenvalue weighted by Crippen LogP contribution is -2.52. The van der Waals surface area contributed by atoms with Crippen molar-refractivity contribution >= 4 is 39.1 Å². The molecular weight excluding hydrogens is 546 g/mol. The van der Waals surface area contributed by atoms with Crippen molar-refractivity contribution in [1.29, 1.82) is 0 Å². The van der Waals surface area contributed by atoms with Crippen LogP contribution in [0.25, 0.3) is 21.0 Å². The van der Waals surface area contributed by atoms with Gasteiger partial charge in [-0.3, -0.25) is 9.36 Å². The van der Waals surface area contributed by atoms with Crippen molar-refractivity contribution in [3.8, 4) is 10.8 Å². The Hall–Kier alpha value is -3.25. The minimum atomic E-state index is -1.82. The Labute approximate surface area is 232 Å². The summed E-state index contributed by atoms with van der Waals surface area (Å²) in [5, 5.41) is 10.7. The Balaban J connectivity index is 1.75. The van der Waals surface area contributed by atoms with E-state index in [1.165, 1.54) is 42.2 Å². The molecule has 3 aromatic heterocycles. The molecule has 1 saturated heterocycles. The number of halogens is 1. The lowest BCUT2D eigenvalue weighted by Gasteiger charge is -2.30. The summed E-state index contributed by atoms with van der Waals surface area (Å²) in [5.41, 5.74) is -2.03. The molecule has 1 aromatic carbocycles. The van der Waals surface area contributed by atoms with Crippen molar-refractivity contribution < 1.29 is 23.8 Å². The average Bonchev–Trinajstić information content (AvgIpc) is 3.55. The van der Waals surface area contributed by atoms with Gasteiger partial charge in [-0.1, -0.05) is 29.8 Å². The molecular formula is C27H28ClN3O7S. The summed E-state index contributed by atoms with van der Waals surface area (Å²) in [4.78, 5) is 45.2. The molecule has 1 N–H and O–H groups in total. The smallest absolute Gasteiger partial charge is 0.333 e. The predicted octanol–water partition coefficient (Wildman–Crippen LogP) is 4.60. The Morgan fingerprint density at radius 3 is 2.64 bits per heavy atom. The van der Waals surface area contributed by atoms with Gasteiger partial charge in [-0.15, -0.1) is 11.3 Å². The molecule has 0 spiro atoms. The van der Waals surface area contributed by atoms with E-state index < -0.39 is 28.9 Å². The largest absolute Gasteiger partial charge is 0.480 e. The molecule has 1 aliphatic heterocycles. The van der Waals surface area contributed by atoms with Crippen LogP contribution in [-0.2, 0) is 26.4 Å². The molecule has 39 heavy (non-hydrogen) atoms. The second kappa shape index (κ2) is 10.7. The Morgan fingerprint density at radius 1 is 1.28 bits per heavy atom. The van der Waals surface area contributed by atoms with Crippen LogP contribution < -0.4 is 11.2 Å². The average molecular weight is 574 g/mol. The zero-order valence-corrected chi connectivity index (χ0v) is 23.3. The van der Waals surface area contributed by atoms with E-state index in [1.807, 2.05) is 18.2 Å². The third-order valence-electron chi connectivity index (χ3n) is 7.05. The number of benzene rings is 1. The van der Waals surface area contributed by atoms with Gasteiger partial charge in [0.05, 0.1) is 29.1 Å². The first-order chi connectivity index (χ1) is 18.6. The van der Waals surface area contributed by atoms with Crippen LogP contribution in [0.15, 0.2) is 50.7 Å². The quantitative estimate of drug-likeness (QED) is 0.324. The third kappa shape index (κ3) is 4.95. The summed E-state index contributed by atoms with van der Waals surface area (Å²) in [5.74, 6) is -1.01. The fourth-order valence-corrected chi connectivity index (χ4v) is 6.30. The Kier molecular flexibility index (Phi) is 7.51. The van der Waals surface area contributed by atoms with E-state index in [1.54, 1.807) is 13.0 Å². The number of hydrogen-bond acceptors (Lipinski definition) is 8. The summed E-state index contributed by atoms with van der Waals surface area (Å²) >= 11 is 7.77. The number of nitrogens with zero attached hydrogens (tertiary/aromatic N) is 3. The monoisotopic (exact) mass is 573 g/mol. The van der Waals surface area contributed by atoms with Crippen molar-refractivity contribution in [2.24, 2.45) is 0 Å². The molecule has 12 heteroatoms. The van der Waals surface area contributed by atoms with Gasteiger partial charge in [0.2, 0.25) is 5.89 Å². The molecule has 4 heterocycles. The van der Waals surface area contributed by atoms with Gasteiger partial charge in [-0.25, -0.2) is 19.1 Å². The second-order valence-corrected chi connectivity index (χ2v) is 11.3. The van der Waals surface area contributed by atoms with Crippen molar-refractivity contribution in [2.75, 3.05) is 13.2 Å². The number of carboxylic acid groups (broad SMARTS) is 1. The number of fused-ring (bicyclic) bond motifs is 1. The molecule has 0 bridgehead atoms. The van der Waals surface area contributed by atoms with Crippen molar-refractivity contribution in [1.82, 2.24) is 14.1 Å². The highest BCUT2D eigenvalue weighted by Crippen LogP contribution is 2.37. The first-order valence-corrected chi connectivity index (χ1v) is 13.7. The number of rotatable bonds is 8. The fourth-order valence-electron chi connectivity index (χ4n) is 4.80. The van der Waals surface area contributed by atoms with E-state index in [9.17, 15) is 19.5 Å². The number of carboxylic acids is 1. The second-order valence-electron chi connectivity index (χ2n) is 9.93. The topological polar surface area (TPSA) is 126 Å². The third-order valence-corrected chi connectivity index (χ3v) is 8.69. The van der Waals surface area contributed by atoms with E-state index in [4.69, 9.17) is 25.5 Å². The highest BCUT2D eigenvalue weighted by atomic mass is 35.5. The van der Waals surface area contributed by atoms with Gasteiger partial charge in [-0.2, -0.15) is 0 Å². The minimum absolute atomic E-state index is 0.00260. The number of ether oxygens (including phenoxy) is 2. The summed E-state index contributed by atoms with van der Waals surface area (Å²) in [7, 11) is 0. The summed E-state index contributed by atoms with van der Waals surface area (Å²) in [6, 6.07) is 7.23. The van der Waals surface area contributed by atoms with Crippen LogP contribution in [0.3, 0.4) is 0 Å². The highest BCUT2D eigenvalue weighted by Gasteiger charge is 2.36. The van der Waals surface area contributed by atoms with Crippen LogP contribution >= 0.6 is 22.9 Å². The van der Waals surface area contributed by atoms with E-state index >= 15 is 0 Å². The summed E-state index contributed by atoms with van der Waals surface area (Å²) in [6.07, 6.45) is 3.50. The maximum absolute atomic E-state index is 14.0. The maximum atomic E-state index is 14.0. The van der Waals surface area contributed by atoms with E-state index in [-0.39, 0.29) is 18.0 Å². The van der Waals surface area contributed by atoms with E-state index in [0.29, 0.717) is 57.8 Å². The molecule has 0 radical (unpaired) electrons. The molecule has 10 nitrogen and oxygen atoms in total.